The van der Waals surface area contributed by atoms with E-state index < -0.39 is 5.41 Å². The molecule has 0 N–H and O–H groups in total. The molecular weight excluding hydrogens is 188 g/mol. The van der Waals surface area contributed by atoms with Gasteiger partial charge in [0.1, 0.15) is 11.6 Å². The lowest BCUT2D eigenvalue weighted by Crippen LogP contribution is -2.27. The Hall–Kier alpha value is -0.660. The number of carbonyl (C=O) groups is 2. The molecule has 0 radical (unpaired) electrons. The van der Waals surface area contributed by atoms with Crippen LogP contribution in [0.25, 0.3) is 0 Å². The van der Waals surface area contributed by atoms with Crippen molar-refractivity contribution in [2.24, 2.45) is 17.3 Å². The second-order valence-electron chi connectivity index (χ2n) is 5.62. The van der Waals surface area contributed by atoms with Gasteiger partial charge in [-0.15, -0.1) is 0 Å². The second-order valence-corrected chi connectivity index (χ2v) is 5.62. The van der Waals surface area contributed by atoms with E-state index in [1.807, 2.05) is 27.7 Å². The molecule has 1 rings (SSSR count). The molecule has 0 saturated heterocycles. The highest BCUT2D eigenvalue weighted by Gasteiger charge is 2.54. The van der Waals surface area contributed by atoms with Crippen LogP contribution in [0.2, 0.25) is 0 Å². The fourth-order valence-corrected chi connectivity index (χ4v) is 1.97. The summed E-state index contributed by atoms with van der Waals surface area (Å²) >= 11 is 0. The molecule has 0 aromatic carbocycles. The van der Waals surface area contributed by atoms with E-state index in [0.29, 0.717) is 24.7 Å². The fourth-order valence-electron chi connectivity index (χ4n) is 1.97. The number of carbonyl (C=O) groups excluding carboxylic acids is 2. The second kappa shape index (κ2) is 4.46. The highest BCUT2D eigenvalue weighted by molar-refractivity contribution is 6.09. The van der Waals surface area contributed by atoms with Crippen molar-refractivity contribution >= 4 is 11.6 Å². The third kappa shape index (κ3) is 2.90. The minimum Gasteiger partial charge on any atom is -0.299 e. The molecule has 1 saturated carbocycles. The van der Waals surface area contributed by atoms with Crippen molar-refractivity contribution in [3.8, 4) is 0 Å². The number of hydrogen-bond donors (Lipinski definition) is 0. The van der Waals surface area contributed by atoms with Gasteiger partial charge in [-0.05, 0) is 24.7 Å². The minimum atomic E-state index is -0.547. The molecule has 0 bridgehead atoms. The summed E-state index contributed by atoms with van der Waals surface area (Å²) in [5.74, 6) is 1.09. The standard InChI is InChI=1S/C13H22O2/c1-9(2)7-11(14)13(5-6-13)12(15)8-10(3)4/h9-10H,5-8H2,1-4H3. The largest absolute Gasteiger partial charge is 0.299 e. The lowest BCUT2D eigenvalue weighted by Gasteiger charge is -2.15. The summed E-state index contributed by atoms with van der Waals surface area (Å²) in [6.07, 6.45) is 2.71. The van der Waals surface area contributed by atoms with Crippen LogP contribution in [0.4, 0.5) is 0 Å². The summed E-state index contributed by atoms with van der Waals surface area (Å²) in [4.78, 5) is 23.9. The van der Waals surface area contributed by atoms with Crippen LogP contribution in [0.15, 0.2) is 0 Å². The molecular formula is C13H22O2. The molecule has 0 aromatic heterocycles. The highest BCUT2D eigenvalue weighted by atomic mass is 16.2. The molecule has 0 aromatic rings. The van der Waals surface area contributed by atoms with E-state index >= 15 is 0 Å². The Morgan fingerprint density at radius 2 is 1.27 bits per heavy atom. The van der Waals surface area contributed by atoms with Crippen molar-refractivity contribution < 1.29 is 9.59 Å². The van der Waals surface area contributed by atoms with Crippen LogP contribution >= 0.6 is 0 Å². The number of hydrogen-bond acceptors (Lipinski definition) is 2. The molecule has 0 atom stereocenters. The molecule has 0 heterocycles. The lowest BCUT2D eigenvalue weighted by atomic mass is 9.86. The molecule has 0 unspecified atom stereocenters. The van der Waals surface area contributed by atoms with Gasteiger partial charge in [-0.2, -0.15) is 0 Å². The fraction of sp³-hybridized carbons (Fsp3) is 0.846. The molecule has 1 aliphatic carbocycles. The summed E-state index contributed by atoms with van der Waals surface area (Å²) in [5.41, 5.74) is -0.547. The Morgan fingerprint density at radius 1 is 0.933 bits per heavy atom. The van der Waals surface area contributed by atoms with Crippen LogP contribution in [0.1, 0.15) is 53.4 Å². The molecule has 86 valence electrons. The summed E-state index contributed by atoms with van der Waals surface area (Å²) in [7, 11) is 0. The average Bonchev–Trinajstić information content (AvgIpc) is 2.80. The zero-order valence-electron chi connectivity index (χ0n) is 10.3. The Balaban J connectivity index is 2.59. The van der Waals surface area contributed by atoms with Crippen LogP contribution in [-0.4, -0.2) is 11.6 Å². The maximum atomic E-state index is 11.9. The Morgan fingerprint density at radius 3 is 1.47 bits per heavy atom. The molecule has 0 amide bonds. The van der Waals surface area contributed by atoms with E-state index in [2.05, 4.69) is 0 Å². The average molecular weight is 210 g/mol. The number of Topliss-reactive ketones (excluding diaryl/α,β-unsaturated/α-hetero) is 2. The zero-order chi connectivity index (χ0) is 11.6. The van der Waals surface area contributed by atoms with E-state index in [4.69, 9.17) is 0 Å². The predicted molar refractivity (Wildman–Crippen MR) is 60.6 cm³/mol. The third-order valence-electron chi connectivity index (χ3n) is 3.00. The molecule has 1 fully saturated rings. The lowest BCUT2D eigenvalue weighted by molar-refractivity contribution is -0.135. The smallest absolute Gasteiger partial charge is 0.146 e. The van der Waals surface area contributed by atoms with Gasteiger partial charge in [0.15, 0.2) is 0 Å². The molecule has 2 heteroatoms. The topological polar surface area (TPSA) is 34.1 Å². The van der Waals surface area contributed by atoms with Gasteiger partial charge in [0.05, 0.1) is 5.41 Å². The van der Waals surface area contributed by atoms with Crippen molar-refractivity contribution in [1.82, 2.24) is 0 Å². The van der Waals surface area contributed by atoms with Crippen LogP contribution in [0.3, 0.4) is 0 Å². The quantitative estimate of drug-likeness (QED) is 0.631. The molecule has 1 aliphatic rings. The highest BCUT2D eigenvalue weighted by Crippen LogP contribution is 2.49. The first-order valence-corrected chi connectivity index (χ1v) is 5.95. The maximum Gasteiger partial charge on any atom is 0.146 e. The van der Waals surface area contributed by atoms with Gasteiger partial charge in [-0.3, -0.25) is 9.59 Å². The van der Waals surface area contributed by atoms with Crippen LogP contribution in [0.5, 0.6) is 0 Å². The van der Waals surface area contributed by atoms with E-state index in [1.54, 1.807) is 0 Å². The Kier molecular flexibility index (Phi) is 3.69. The van der Waals surface area contributed by atoms with Crippen molar-refractivity contribution in [2.75, 3.05) is 0 Å². The summed E-state index contributed by atoms with van der Waals surface area (Å²) < 4.78 is 0. The molecule has 0 spiro atoms. The Labute approximate surface area is 92.4 Å². The van der Waals surface area contributed by atoms with Crippen LogP contribution in [-0.2, 0) is 9.59 Å². The first kappa shape index (κ1) is 12.4. The van der Waals surface area contributed by atoms with E-state index in [9.17, 15) is 9.59 Å². The van der Waals surface area contributed by atoms with Crippen LogP contribution in [0, 0.1) is 17.3 Å². The van der Waals surface area contributed by atoms with Gasteiger partial charge in [0.2, 0.25) is 0 Å². The van der Waals surface area contributed by atoms with E-state index in [1.165, 1.54) is 0 Å². The summed E-state index contributed by atoms with van der Waals surface area (Å²) in [6, 6.07) is 0. The molecule has 15 heavy (non-hydrogen) atoms. The van der Waals surface area contributed by atoms with Crippen LogP contribution < -0.4 is 0 Å². The van der Waals surface area contributed by atoms with E-state index in [0.717, 1.165) is 12.8 Å². The third-order valence-corrected chi connectivity index (χ3v) is 3.00. The monoisotopic (exact) mass is 210 g/mol. The number of rotatable bonds is 6. The molecule has 2 nitrogen and oxygen atoms in total. The van der Waals surface area contributed by atoms with Gasteiger partial charge < -0.3 is 0 Å². The van der Waals surface area contributed by atoms with Gasteiger partial charge >= 0.3 is 0 Å². The zero-order valence-corrected chi connectivity index (χ0v) is 10.3. The summed E-state index contributed by atoms with van der Waals surface area (Å²) in [6.45, 7) is 8.11. The summed E-state index contributed by atoms with van der Waals surface area (Å²) in [5, 5.41) is 0. The van der Waals surface area contributed by atoms with Gasteiger partial charge in [0, 0.05) is 12.8 Å². The van der Waals surface area contributed by atoms with Crippen molar-refractivity contribution in [2.45, 2.75) is 53.4 Å². The van der Waals surface area contributed by atoms with Crippen molar-refractivity contribution in [3.05, 3.63) is 0 Å². The van der Waals surface area contributed by atoms with E-state index in [-0.39, 0.29) is 11.6 Å². The first-order chi connectivity index (χ1) is 6.88. The predicted octanol–water partition coefficient (Wildman–Crippen LogP) is 3.00. The SMILES string of the molecule is CC(C)CC(=O)C1(C(=O)CC(C)C)CC1. The van der Waals surface area contributed by atoms with Crippen molar-refractivity contribution in [3.63, 3.8) is 0 Å². The van der Waals surface area contributed by atoms with Gasteiger partial charge in [0.25, 0.3) is 0 Å². The van der Waals surface area contributed by atoms with Gasteiger partial charge in [-0.1, -0.05) is 27.7 Å². The first-order valence-electron chi connectivity index (χ1n) is 5.95. The van der Waals surface area contributed by atoms with Gasteiger partial charge in [-0.25, -0.2) is 0 Å². The minimum absolute atomic E-state index is 0.183. The molecule has 0 aliphatic heterocycles. The maximum absolute atomic E-state index is 11.9. The Bertz CT molecular complexity index is 236. The number of ketones is 2. The normalized spacial score (nSPS) is 18.3. The van der Waals surface area contributed by atoms with Crippen molar-refractivity contribution in [1.29, 1.82) is 0 Å².